The maximum atomic E-state index is 11.1. The van der Waals surface area contributed by atoms with Gasteiger partial charge in [-0.25, -0.2) is 13.6 Å². The Morgan fingerprint density at radius 2 is 2.12 bits per heavy atom. The molecule has 0 spiro atoms. The molecular weight excluding hydrogens is 248 g/mol. The molecule has 90 valence electrons. The Hall–Kier alpha value is -0.760. The van der Waals surface area contributed by atoms with Crippen molar-refractivity contribution in [3.63, 3.8) is 0 Å². The van der Waals surface area contributed by atoms with E-state index in [0.29, 0.717) is 6.61 Å². The molecule has 0 aliphatic rings. The Morgan fingerprint density at radius 3 is 2.62 bits per heavy atom. The van der Waals surface area contributed by atoms with Crippen LogP contribution in [0.3, 0.4) is 0 Å². The first kappa shape index (κ1) is 13.3. The fourth-order valence-electron chi connectivity index (χ4n) is 1.12. The molecule has 0 fully saturated rings. The summed E-state index contributed by atoms with van der Waals surface area (Å²) >= 11 is 1.54. The van der Waals surface area contributed by atoms with E-state index in [2.05, 4.69) is 0 Å². The highest BCUT2D eigenvalue weighted by molar-refractivity contribution is 7.99. The van der Waals surface area contributed by atoms with E-state index in [4.69, 9.17) is 15.6 Å². The van der Waals surface area contributed by atoms with Crippen LogP contribution in [0.5, 0.6) is 0 Å². The predicted octanol–water partition coefficient (Wildman–Crippen LogP) is 0.655. The van der Waals surface area contributed by atoms with Gasteiger partial charge in [-0.3, -0.25) is 0 Å². The molecule has 1 rings (SSSR count). The first-order valence-corrected chi connectivity index (χ1v) is 7.02. The molecule has 4 N–H and O–H groups in total. The number of hydrogen-bond acceptors (Lipinski definition) is 5. The van der Waals surface area contributed by atoms with Crippen molar-refractivity contribution in [3.05, 3.63) is 18.2 Å². The quantitative estimate of drug-likeness (QED) is 0.461. The van der Waals surface area contributed by atoms with Crippen molar-refractivity contribution in [1.82, 2.24) is 0 Å². The van der Waals surface area contributed by atoms with Crippen molar-refractivity contribution in [2.75, 3.05) is 25.2 Å². The third-order valence-corrected chi connectivity index (χ3v) is 3.79. The average Bonchev–Trinajstić information content (AvgIpc) is 2.16. The van der Waals surface area contributed by atoms with Crippen LogP contribution in [0.2, 0.25) is 0 Å². The molecule has 1 aromatic carbocycles. The smallest absolute Gasteiger partial charge is 0.240 e. The van der Waals surface area contributed by atoms with Crippen LogP contribution in [0.1, 0.15) is 0 Å². The van der Waals surface area contributed by atoms with Crippen molar-refractivity contribution in [1.29, 1.82) is 0 Å². The van der Waals surface area contributed by atoms with Gasteiger partial charge >= 0.3 is 0 Å². The molecule has 0 aliphatic carbocycles. The lowest BCUT2D eigenvalue weighted by molar-refractivity contribution is 0.218. The summed E-state index contributed by atoms with van der Waals surface area (Å²) in [4.78, 5) is 0.852. The molecule has 0 amide bonds. The Kier molecular flexibility index (Phi) is 4.60. The summed E-state index contributed by atoms with van der Waals surface area (Å²) in [6, 6.07) is 4.69. The van der Waals surface area contributed by atoms with E-state index in [-0.39, 0.29) is 10.6 Å². The molecule has 0 unspecified atom stereocenters. The number of nitrogens with two attached hydrogens (primary N) is 2. The molecule has 0 atom stereocenters. The molecule has 0 saturated heterocycles. The lowest BCUT2D eigenvalue weighted by Crippen LogP contribution is -2.14. The number of ether oxygens (including phenoxy) is 1. The maximum absolute atomic E-state index is 11.1. The molecule has 0 radical (unpaired) electrons. The zero-order valence-corrected chi connectivity index (χ0v) is 10.5. The third-order valence-electron chi connectivity index (χ3n) is 1.84. The van der Waals surface area contributed by atoms with E-state index in [1.165, 1.54) is 17.8 Å². The minimum Gasteiger partial charge on any atom is -0.398 e. The van der Waals surface area contributed by atoms with Crippen LogP contribution in [-0.2, 0) is 14.8 Å². The number of thioether (sulfide) groups is 1. The van der Waals surface area contributed by atoms with Gasteiger partial charge in [0.25, 0.3) is 0 Å². The largest absolute Gasteiger partial charge is 0.398 e. The number of hydrogen-bond donors (Lipinski definition) is 2. The first-order valence-electron chi connectivity index (χ1n) is 4.49. The van der Waals surface area contributed by atoms with Crippen LogP contribution in [0.25, 0.3) is 0 Å². The highest BCUT2D eigenvalue weighted by atomic mass is 32.2. The highest BCUT2D eigenvalue weighted by Gasteiger charge is 2.12. The molecule has 0 saturated carbocycles. The minimum atomic E-state index is -3.73. The number of sulfonamides is 1. The fourth-order valence-corrected chi connectivity index (χ4v) is 2.62. The molecule has 16 heavy (non-hydrogen) atoms. The normalized spacial score (nSPS) is 11.6. The van der Waals surface area contributed by atoms with Crippen molar-refractivity contribution in [2.45, 2.75) is 9.79 Å². The summed E-state index contributed by atoms with van der Waals surface area (Å²) in [6.07, 6.45) is 0. The van der Waals surface area contributed by atoms with Gasteiger partial charge in [-0.05, 0) is 18.2 Å². The second kappa shape index (κ2) is 5.53. The van der Waals surface area contributed by atoms with Gasteiger partial charge in [-0.15, -0.1) is 11.8 Å². The Labute approximate surface area is 99.2 Å². The third kappa shape index (κ3) is 3.67. The lowest BCUT2D eigenvalue weighted by atomic mass is 10.3. The van der Waals surface area contributed by atoms with Crippen molar-refractivity contribution < 1.29 is 13.2 Å². The van der Waals surface area contributed by atoms with Gasteiger partial charge in [-0.1, -0.05) is 0 Å². The summed E-state index contributed by atoms with van der Waals surface area (Å²) < 4.78 is 27.1. The van der Waals surface area contributed by atoms with Crippen molar-refractivity contribution in [3.8, 4) is 0 Å². The summed E-state index contributed by atoms with van der Waals surface area (Å²) in [7, 11) is -2.11. The van der Waals surface area contributed by atoms with Gasteiger partial charge < -0.3 is 10.5 Å². The molecule has 1 aromatic rings. The van der Waals surface area contributed by atoms with Gasteiger partial charge in [-0.2, -0.15) is 0 Å². The number of anilines is 1. The fraction of sp³-hybridized carbons (Fsp3) is 0.333. The van der Waals surface area contributed by atoms with Gasteiger partial charge in [0.05, 0.1) is 12.3 Å². The van der Waals surface area contributed by atoms with E-state index in [9.17, 15) is 8.42 Å². The maximum Gasteiger partial charge on any atom is 0.240 e. The van der Waals surface area contributed by atoms with Gasteiger partial charge in [0.2, 0.25) is 10.0 Å². The topological polar surface area (TPSA) is 95.4 Å². The van der Waals surface area contributed by atoms with Crippen molar-refractivity contribution >= 4 is 27.5 Å². The van der Waals surface area contributed by atoms with E-state index in [0.717, 1.165) is 10.6 Å². The second-order valence-corrected chi connectivity index (χ2v) is 5.78. The summed E-state index contributed by atoms with van der Waals surface area (Å²) in [5.74, 6) is 0.782. The predicted molar refractivity (Wildman–Crippen MR) is 64.8 cm³/mol. The molecular formula is C9H14N2O3S2. The number of nitrogen functional groups attached to an aromatic ring is 1. The van der Waals surface area contributed by atoms with E-state index >= 15 is 0 Å². The summed E-state index contributed by atoms with van der Waals surface area (Å²) in [5, 5.41) is 4.99. The van der Waals surface area contributed by atoms with Crippen molar-refractivity contribution in [2.24, 2.45) is 5.14 Å². The van der Waals surface area contributed by atoms with Crippen LogP contribution >= 0.6 is 11.8 Å². The molecule has 5 nitrogen and oxygen atoms in total. The summed E-state index contributed by atoms with van der Waals surface area (Å²) in [6.45, 7) is 0.626. The van der Waals surface area contributed by atoms with Crippen LogP contribution in [-0.4, -0.2) is 27.9 Å². The Bertz CT molecular complexity index is 460. The summed E-state index contributed by atoms with van der Waals surface area (Å²) in [5.41, 5.74) is 5.78. The molecule has 0 aliphatic heterocycles. The Balaban J connectivity index is 2.83. The van der Waals surface area contributed by atoms with Gasteiger partial charge in [0, 0.05) is 17.8 Å². The van der Waals surface area contributed by atoms with E-state index in [1.54, 1.807) is 19.2 Å². The van der Waals surface area contributed by atoms with E-state index < -0.39 is 10.0 Å². The monoisotopic (exact) mass is 262 g/mol. The van der Waals surface area contributed by atoms with Gasteiger partial charge in [0.15, 0.2) is 0 Å². The van der Waals surface area contributed by atoms with E-state index in [1.807, 2.05) is 0 Å². The lowest BCUT2D eigenvalue weighted by Gasteiger charge is -2.06. The highest BCUT2D eigenvalue weighted by Crippen LogP contribution is 2.25. The molecule has 0 aromatic heterocycles. The Morgan fingerprint density at radius 1 is 1.44 bits per heavy atom. The van der Waals surface area contributed by atoms with Crippen LogP contribution in [0.15, 0.2) is 28.0 Å². The number of rotatable bonds is 5. The SMILES string of the molecule is COCCSc1ccc(S(N)(=O)=O)c(N)c1. The van der Waals surface area contributed by atoms with Crippen LogP contribution in [0, 0.1) is 0 Å². The molecule has 7 heteroatoms. The molecule has 0 heterocycles. The zero-order chi connectivity index (χ0) is 12.2. The first-order chi connectivity index (χ1) is 7.45. The van der Waals surface area contributed by atoms with Crippen LogP contribution < -0.4 is 10.9 Å². The minimum absolute atomic E-state index is 0.0383. The number of benzene rings is 1. The van der Waals surface area contributed by atoms with Crippen LogP contribution in [0.4, 0.5) is 5.69 Å². The zero-order valence-electron chi connectivity index (χ0n) is 8.84. The standard InChI is InChI=1S/C9H14N2O3S2/c1-14-4-5-15-7-2-3-9(8(10)6-7)16(11,12)13/h2-3,6H,4-5,10H2,1H3,(H2,11,12,13). The van der Waals surface area contributed by atoms with Gasteiger partial charge in [0.1, 0.15) is 4.90 Å². The average molecular weight is 262 g/mol. The second-order valence-electron chi connectivity index (χ2n) is 3.09. The number of primary sulfonamides is 1. The number of methoxy groups -OCH3 is 1. The molecule has 0 bridgehead atoms.